The lowest BCUT2D eigenvalue weighted by molar-refractivity contribution is 1.80. The molecule has 0 spiro atoms. The first kappa shape index (κ1) is 6.38. The predicted octanol–water partition coefficient (Wildman–Crippen LogP) is 3.42. The summed E-state index contributed by atoms with van der Waals surface area (Å²) in [7, 11) is 0. The van der Waals surface area contributed by atoms with Crippen LogP contribution in [-0.4, -0.2) is 0 Å². The Morgan fingerprint density at radius 3 is 3.20 bits per heavy atom. The molecule has 0 bridgehead atoms. The topological polar surface area (TPSA) is 0 Å². The standard InChI is InChI=1S/C8H4BrS/c9-8-2-1-6-5-10-4-3-7(6)8/h2-5H. The molecule has 1 heterocycles. The average molecular weight is 212 g/mol. The van der Waals surface area contributed by atoms with E-state index in [9.17, 15) is 0 Å². The second-order valence-corrected chi connectivity index (χ2v) is 3.66. The van der Waals surface area contributed by atoms with Crippen LogP contribution in [0.1, 0.15) is 0 Å². The molecule has 10 heavy (non-hydrogen) atoms. The van der Waals surface area contributed by atoms with E-state index in [2.05, 4.69) is 38.8 Å². The molecule has 0 aromatic rings. The third kappa shape index (κ3) is 0.879. The predicted molar refractivity (Wildman–Crippen MR) is 47.5 cm³/mol. The fourth-order valence-electron chi connectivity index (χ4n) is 0.907. The van der Waals surface area contributed by atoms with E-state index in [0.717, 1.165) is 4.47 Å². The molecular formula is C8H4BrS. The van der Waals surface area contributed by atoms with Gasteiger partial charge in [-0.25, -0.2) is 0 Å². The molecule has 1 aliphatic heterocycles. The zero-order chi connectivity index (χ0) is 6.97. The third-order valence-corrected chi connectivity index (χ3v) is 2.72. The summed E-state index contributed by atoms with van der Waals surface area (Å²) in [5.74, 6) is 0. The minimum Gasteiger partial charge on any atom is -0.152 e. The summed E-state index contributed by atoms with van der Waals surface area (Å²) in [6, 6.07) is 7.20. The molecule has 0 nitrogen and oxygen atoms in total. The number of fused-ring (bicyclic) bond motifs is 1. The Labute approximate surface area is 72.0 Å². The van der Waals surface area contributed by atoms with Gasteiger partial charge in [-0.2, -0.15) is 11.3 Å². The van der Waals surface area contributed by atoms with Crippen molar-refractivity contribution in [3.8, 4) is 11.1 Å². The van der Waals surface area contributed by atoms with Crippen molar-refractivity contribution in [2.45, 2.75) is 0 Å². The van der Waals surface area contributed by atoms with Crippen molar-refractivity contribution >= 4 is 27.3 Å². The van der Waals surface area contributed by atoms with E-state index in [1.54, 1.807) is 11.3 Å². The second-order valence-electron chi connectivity index (χ2n) is 2.02. The molecule has 2 aliphatic rings. The summed E-state index contributed by atoms with van der Waals surface area (Å²) in [4.78, 5) is 0. The molecule has 0 atom stereocenters. The fourth-order valence-corrected chi connectivity index (χ4v) is 1.99. The van der Waals surface area contributed by atoms with Crippen LogP contribution in [-0.2, 0) is 0 Å². The molecule has 2 heteroatoms. The van der Waals surface area contributed by atoms with Gasteiger partial charge in [0.15, 0.2) is 0 Å². The number of rotatable bonds is 0. The minimum absolute atomic E-state index is 1.13. The Balaban J connectivity index is 2.78. The van der Waals surface area contributed by atoms with Gasteiger partial charge in [0.05, 0.1) is 0 Å². The Morgan fingerprint density at radius 2 is 2.40 bits per heavy atom. The van der Waals surface area contributed by atoms with Crippen molar-refractivity contribution in [1.29, 1.82) is 0 Å². The zero-order valence-corrected chi connectivity index (χ0v) is 7.50. The SMILES string of the molecule is Brc1c[c]c2csccc1-2. The molecule has 0 aromatic heterocycles. The molecule has 0 aromatic carbocycles. The molecule has 0 saturated heterocycles. The van der Waals surface area contributed by atoms with E-state index in [1.807, 2.05) is 6.07 Å². The molecular weight excluding hydrogens is 208 g/mol. The average Bonchev–Trinajstić information content (AvgIpc) is 2.34. The Hall–Kier alpha value is -0.340. The first-order valence-corrected chi connectivity index (χ1v) is 4.63. The van der Waals surface area contributed by atoms with E-state index in [1.165, 1.54) is 11.1 Å². The van der Waals surface area contributed by atoms with Gasteiger partial charge in [-0.15, -0.1) is 0 Å². The first-order valence-electron chi connectivity index (χ1n) is 2.90. The highest BCUT2D eigenvalue weighted by atomic mass is 79.9. The Kier molecular flexibility index (Phi) is 1.51. The van der Waals surface area contributed by atoms with Crippen molar-refractivity contribution in [3.05, 3.63) is 33.4 Å². The van der Waals surface area contributed by atoms with Gasteiger partial charge in [-0.1, -0.05) is 15.9 Å². The van der Waals surface area contributed by atoms with E-state index < -0.39 is 0 Å². The number of hydrogen-bond donors (Lipinski definition) is 0. The van der Waals surface area contributed by atoms with Crippen LogP contribution in [0.2, 0.25) is 0 Å². The molecule has 1 radical (unpaired) electrons. The summed E-state index contributed by atoms with van der Waals surface area (Å²) in [6.45, 7) is 0. The lowest BCUT2D eigenvalue weighted by Gasteiger charge is -1.94. The highest BCUT2D eigenvalue weighted by Crippen LogP contribution is 2.31. The van der Waals surface area contributed by atoms with Crippen LogP contribution in [0.3, 0.4) is 0 Å². The summed E-state index contributed by atoms with van der Waals surface area (Å²) in [6.07, 6.45) is 0. The zero-order valence-electron chi connectivity index (χ0n) is 5.10. The van der Waals surface area contributed by atoms with Crippen molar-refractivity contribution in [2.24, 2.45) is 0 Å². The van der Waals surface area contributed by atoms with Gasteiger partial charge in [0, 0.05) is 10.0 Å². The quantitative estimate of drug-likeness (QED) is 0.627. The monoisotopic (exact) mass is 211 g/mol. The van der Waals surface area contributed by atoms with Crippen LogP contribution in [0.15, 0.2) is 27.4 Å². The second kappa shape index (κ2) is 2.36. The Bertz CT molecular complexity index is 313. The van der Waals surface area contributed by atoms with E-state index in [4.69, 9.17) is 0 Å². The maximum Gasteiger partial charge on any atom is 0.0260 e. The molecule has 0 amide bonds. The van der Waals surface area contributed by atoms with Crippen molar-refractivity contribution in [2.75, 3.05) is 0 Å². The van der Waals surface area contributed by atoms with Crippen molar-refractivity contribution in [1.82, 2.24) is 0 Å². The lowest BCUT2D eigenvalue weighted by atomic mass is 10.2. The smallest absolute Gasteiger partial charge is 0.0260 e. The highest BCUT2D eigenvalue weighted by Gasteiger charge is 2.04. The van der Waals surface area contributed by atoms with Crippen molar-refractivity contribution < 1.29 is 0 Å². The van der Waals surface area contributed by atoms with Crippen LogP contribution >= 0.6 is 27.3 Å². The normalized spacial score (nSPS) is 10.5. The molecule has 0 saturated carbocycles. The van der Waals surface area contributed by atoms with Crippen LogP contribution in [0, 0.1) is 6.07 Å². The number of halogens is 1. The van der Waals surface area contributed by atoms with Crippen molar-refractivity contribution in [3.63, 3.8) is 0 Å². The van der Waals surface area contributed by atoms with E-state index in [-0.39, 0.29) is 0 Å². The van der Waals surface area contributed by atoms with Crippen LogP contribution < -0.4 is 0 Å². The van der Waals surface area contributed by atoms with Crippen LogP contribution in [0.5, 0.6) is 0 Å². The Morgan fingerprint density at radius 1 is 1.50 bits per heavy atom. The van der Waals surface area contributed by atoms with Gasteiger partial charge in [0.25, 0.3) is 0 Å². The maximum absolute atomic E-state index is 3.44. The summed E-state index contributed by atoms with van der Waals surface area (Å²) >= 11 is 5.13. The van der Waals surface area contributed by atoms with Gasteiger partial charge in [0.2, 0.25) is 0 Å². The molecule has 49 valence electrons. The largest absolute Gasteiger partial charge is 0.152 e. The molecule has 1 aliphatic carbocycles. The van der Waals surface area contributed by atoms with E-state index in [0.29, 0.717) is 0 Å². The minimum atomic E-state index is 1.13. The molecule has 0 N–H and O–H groups in total. The fraction of sp³-hybridized carbons (Fsp3) is 0. The third-order valence-electron chi connectivity index (χ3n) is 1.40. The van der Waals surface area contributed by atoms with Crippen LogP contribution in [0.25, 0.3) is 11.1 Å². The summed E-state index contributed by atoms with van der Waals surface area (Å²) in [5, 5.41) is 4.17. The van der Waals surface area contributed by atoms with Gasteiger partial charge in [-0.3, -0.25) is 0 Å². The first-order chi connectivity index (χ1) is 4.88. The molecule has 2 rings (SSSR count). The summed E-state index contributed by atoms with van der Waals surface area (Å²) < 4.78 is 1.13. The summed E-state index contributed by atoms with van der Waals surface area (Å²) in [5.41, 5.74) is 2.44. The van der Waals surface area contributed by atoms with Crippen LogP contribution in [0.4, 0.5) is 0 Å². The van der Waals surface area contributed by atoms with Gasteiger partial charge >= 0.3 is 0 Å². The lowest BCUT2D eigenvalue weighted by Crippen LogP contribution is -1.67. The number of hydrogen-bond acceptors (Lipinski definition) is 1. The highest BCUT2D eigenvalue weighted by molar-refractivity contribution is 9.10. The van der Waals surface area contributed by atoms with Gasteiger partial charge < -0.3 is 0 Å². The molecule has 0 fully saturated rings. The molecule has 0 unspecified atom stereocenters. The van der Waals surface area contributed by atoms with E-state index >= 15 is 0 Å². The maximum atomic E-state index is 3.44. The van der Waals surface area contributed by atoms with Gasteiger partial charge in [-0.05, 0) is 34.5 Å². The van der Waals surface area contributed by atoms with Gasteiger partial charge in [0.1, 0.15) is 0 Å².